The summed E-state index contributed by atoms with van der Waals surface area (Å²) in [5.41, 5.74) is 4.22. The fraction of sp³-hybridized carbons (Fsp3) is 0.286. The molecule has 0 aliphatic carbocycles. The minimum absolute atomic E-state index is 0.565. The molecule has 0 bridgehead atoms. The third-order valence-electron chi connectivity index (χ3n) is 2.83. The van der Waals surface area contributed by atoms with Gasteiger partial charge in [0.2, 0.25) is 0 Å². The van der Waals surface area contributed by atoms with Crippen LogP contribution < -0.4 is 0 Å². The number of halogens is 1. The summed E-state index contributed by atoms with van der Waals surface area (Å²) >= 11 is 6.16. The van der Waals surface area contributed by atoms with Crippen LogP contribution in [0.4, 0.5) is 0 Å². The van der Waals surface area contributed by atoms with E-state index in [0.717, 1.165) is 23.2 Å². The fourth-order valence-electron chi connectivity index (χ4n) is 1.79. The van der Waals surface area contributed by atoms with Gasteiger partial charge >= 0.3 is 0 Å². The highest BCUT2D eigenvalue weighted by molar-refractivity contribution is 6.30. The standard InChI is InChI=1S/C14H15ClN2/c1-4-12-10(3)16-14(17-13(12)15)11-7-5-9(2)6-8-11/h5-8H,4H2,1-3H3. The van der Waals surface area contributed by atoms with Crippen molar-refractivity contribution in [2.75, 3.05) is 0 Å². The van der Waals surface area contributed by atoms with Crippen molar-refractivity contribution in [3.05, 3.63) is 46.2 Å². The Morgan fingerprint density at radius 3 is 2.24 bits per heavy atom. The molecule has 0 fully saturated rings. The van der Waals surface area contributed by atoms with E-state index in [4.69, 9.17) is 11.6 Å². The number of benzene rings is 1. The number of rotatable bonds is 2. The van der Waals surface area contributed by atoms with Gasteiger partial charge in [-0.25, -0.2) is 9.97 Å². The van der Waals surface area contributed by atoms with Crippen molar-refractivity contribution in [3.8, 4) is 11.4 Å². The summed E-state index contributed by atoms with van der Waals surface area (Å²) in [6.45, 7) is 6.09. The van der Waals surface area contributed by atoms with Crippen LogP contribution in [0.1, 0.15) is 23.7 Å². The Hall–Kier alpha value is -1.41. The van der Waals surface area contributed by atoms with E-state index >= 15 is 0 Å². The van der Waals surface area contributed by atoms with Crippen LogP contribution in [0, 0.1) is 13.8 Å². The molecule has 0 radical (unpaired) electrons. The number of aryl methyl sites for hydroxylation is 2. The molecule has 0 aliphatic rings. The van der Waals surface area contributed by atoms with Crippen LogP contribution in [0.5, 0.6) is 0 Å². The third-order valence-corrected chi connectivity index (χ3v) is 3.14. The highest BCUT2D eigenvalue weighted by Crippen LogP contribution is 2.22. The maximum Gasteiger partial charge on any atom is 0.161 e. The van der Waals surface area contributed by atoms with E-state index in [1.807, 2.05) is 19.1 Å². The van der Waals surface area contributed by atoms with Gasteiger partial charge in [0, 0.05) is 16.8 Å². The Balaban J connectivity index is 2.50. The van der Waals surface area contributed by atoms with Crippen molar-refractivity contribution in [3.63, 3.8) is 0 Å². The second-order valence-corrected chi connectivity index (χ2v) is 4.48. The molecule has 17 heavy (non-hydrogen) atoms. The Kier molecular flexibility index (Phi) is 3.43. The van der Waals surface area contributed by atoms with Crippen molar-refractivity contribution in [1.82, 2.24) is 9.97 Å². The van der Waals surface area contributed by atoms with E-state index in [1.165, 1.54) is 5.56 Å². The molecular formula is C14H15ClN2. The van der Waals surface area contributed by atoms with Crippen molar-refractivity contribution in [2.45, 2.75) is 27.2 Å². The van der Waals surface area contributed by atoms with Gasteiger partial charge in [-0.1, -0.05) is 48.4 Å². The zero-order valence-electron chi connectivity index (χ0n) is 10.3. The summed E-state index contributed by atoms with van der Waals surface area (Å²) in [5.74, 6) is 0.699. The normalized spacial score (nSPS) is 10.6. The summed E-state index contributed by atoms with van der Waals surface area (Å²) in [6.07, 6.45) is 0.860. The van der Waals surface area contributed by atoms with Gasteiger partial charge in [0.15, 0.2) is 5.82 Å². The van der Waals surface area contributed by atoms with Crippen molar-refractivity contribution in [2.24, 2.45) is 0 Å². The Bertz CT molecular complexity index is 509. The average molecular weight is 247 g/mol. The van der Waals surface area contributed by atoms with Crippen LogP contribution in [0.15, 0.2) is 24.3 Å². The summed E-state index contributed by atoms with van der Waals surface area (Å²) in [7, 11) is 0. The molecule has 1 aromatic heterocycles. The lowest BCUT2D eigenvalue weighted by Crippen LogP contribution is -1.99. The lowest BCUT2D eigenvalue weighted by molar-refractivity contribution is 1.00. The molecule has 2 aromatic rings. The molecule has 88 valence electrons. The molecule has 0 atom stereocenters. The zero-order valence-corrected chi connectivity index (χ0v) is 11.0. The maximum atomic E-state index is 6.16. The smallest absolute Gasteiger partial charge is 0.161 e. The van der Waals surface area contributed by atoms with E-state index in [1.54, 1.807) is 0 Å². The molecule has 2 nitrogen and oxygen atoms in total. The molecular weight excluding hydrogens is 232 g/mol. The van der Waals surface area contributed by atoms with E-state index in [0.29, 0.717) is 11.0 Å². The van der Waals surface area contributed by atoms with Gasteiger partial charge in [0.05, 0.1) is 0 Å². The average Bonchev–Trinajstić information content (AvgIpc) is 2.29. The van der Waals surface area contributed by atoms with Crippen molar-refractivity contribution in [1.29, 1.82) is 0 Å². The van der Waals surface area contributed by atoms with Crippen LogP contribution in [0.3, 0.4) is 0 Å². The highest BCUT2D eigenvalue weighted by atomic mass is 35.5. The Morgan fingerprint density at radius 1 is 1.06 bits per heavy atom. The van der Waals surface area contributed by atoms with E-state index in [-0.39, 0.29) is 0 Å². The third kappa shape index (κ3) is 2.47. The van der Waals surface area contributed by atoms with Crippen LogP contribution in [0.25, 0.3) is 11.4 Å². The van der Waals surface area contributed by atoms with Gasteiger partial charge in [-0.15, -0.1) is 0 Å². The number of hydrogen-bond acceptors (Lipinski definition) is 2. The van der Waals surface area contributed by atoms with Gasteiger partial charge in [-0.3, -0.25) is 0 Å². The number of nitrogens with zero attached hydrogens (tertiary/aromatic N) is 2. The van der Waals surface area contributed by atoms with Crippen molar-refractivity contribution >= 4 is 11.6 Å². The SMILES string of the molecule is CCc1c(C)nc(-c2ccc(C)cc2)nc1Cl. The Morgan fingerprint density at radius 2 is 1.71 bits per heavy atom. The van der Waals surface area contributed by atoms with Gasteiger partial charge in [0.1, 0.15) is 5.15 Å². The molecule has 3 heteroatoms. The number of hydrogen-bond donors (Lipinski definition) is 0. The molecule has 0 saturated heterocycles. The van der Waals surface area contributed by atoms with Gasteiger partial charge in [-0.2, -0.15) is 0 Å². The van der Waals surface area contributed by atoms with Gasteiger partial charge in [0.25, 0.3) is 0 Å². The topological polar surface area (TPSA) is 25.8 Å². The summed E-state index contributed by atoms with van der Waals surface area (Å²) in [4.78, 5) is 8.87. The van der Waals surface area contributed by atoms with Gasteiger partial charge < -0.3 is 0 Å². The first-order valence-electron chi connectivity index (χ1n) is 5.72. The van der Waals surface area contributed by atoms with E-state index < -0.39 is 0 Å². The molecule has 1 aromatic carbocycles. The largest absolute Gasteiger partial charge is 0.233 e. The maximum absolute atomic E-state index is 6.16. The minimum Gasteiger partial charge on any atom is -0.233 e. The quantitative estimate of drug-likeness (QED) is 0.750. The molecule has 0 unspecified atom stereocenters. The predicted octanol–water partition coefficient (Wildman–Crippen LogP) is 3.98. The molecule has 0 spiro atoms. The van der Waals surface area contributed by atoms with Crippen molar-refractivity contribution < 1.29 is 0 Å². The Labute approximate surface area is 107 Å². The second-order valence-electron chi connectivity index (χ2n) is 4.12. The molecule has 1 heterocycles. The molecule has 2 rings (SSSR count). The van der Waals surface area contributed by atoms with Crippen LogP contribution in [-0.2, 0) is 6.42 Å². The summed E-state index contributed by atoms with van der Waals surface area (Å²) in [6, 6.07) is 8.14. The zero-order chi connectivity index (χ0) is 12.4. The monoisotopic (exact) mass is 246 g/mol. The lowest BCUT2D eigenvalue weighted by Gasteiger charge is -2.07. The predicted molar refractivity (Wildman–Crippen MR) is 71.3 cm³/mol. The fourth-order valence-corrected chi connectivity index (χ4v) is 2.14. The van der Waals surface area contributed by atoms with E-state index in [2.05, 4.69) is 35.9 Å². The summed E-state index contributed by atoms with van der Waals surface area (Å²) < 4.78 is 0. The summed E-state index contributed by atoms with van der Waals surface area (Å²) in [5, 5.41) is 0.565. The first-order chi connectivity index (χ1) is 8.11. The minimum atomic E-state index is 0.565. The van der Waals surface area contributed by atoms with Gasteiger partial charge in [-0.05, 0) is 20.3 Å². The first-order valence-corrected chi connectivity index (χ1v) is 6.09. The lowest BCUT2D eigenvalue weighted by atomic mass is 10.1. The van der Waals surface area contributed by atoms with E-state index in [9.17, 15) is 0 Å². The van der Waals surface area contributed by atoms with Crippen LogP contribution in [0.2, 0.25) is 5.15 Å². The van der Waals surface area contributed by atoms with Crippen LogP contribution >= 0.6 is 11.6 Å². The highest BCUT2D eigenvalue weighted by Gasteiger charge is 2.09. The second kappa shape index (κ2) is 4.84. The molecule has 0 N–H and O–H groups in total. The number of aromatic nitrogens is 2. The first kappa shape index (κ1) is 12.1. The molecule has 0 aliphatic heterocycles. The molecule has 0 saturated carbocycles. The molecule has 0 amide bonds. The van der Waals surface area contributed by atoms with Crippen LogP contribution in [-0.4, -0.2) is 9.97 Å².